The number of hydrogen-bond acceptors (Lipinski definition) is 3. The predicted molar refractivity (Wildman–Crippen MR) is 104 cm³/mol. The molecule has 0 spiro atoms. The summed E-state index contributed by atoms with van der Waals surface area (Å²) >= 11 is 0. The molecule has 0 atom stereocenters. The number of nitrogens with zero attached hydrogens (tertiary/aromatic N) is 1. The predicted octanol–water partition coefficient (Wildman–Crippen LogP) is 6.38. The second-order valence-corrected chi connectivity index (χ2v) is 6.65. The van der Waals surface area contributed by atoms with Gasteiger partial charge in [-0.2, -0.15) is 0 Å². The smallest absolute Gasteiger partial charge is 0.306 e. The van der Waals surface area contributed by atoms with Crippen LogP contribution < -0.4 is 0 Å². The third-order valence-corrected chi connectivity index (χ3v) is 4.27. The number of carbonyl (C=O) groups excluding carboxylic acids is 1. The number of carbonyl (C=O) groups is 1. The lowest BCUT2D eigenvalue weighted by atomic mass is 10.1. The maximum atomic E-state index is 11.7. The van der Waals surface area contributed by atoms with Gasteiger partial charge in [0.1, 0.15) is 6.61 Å². The molecule has 0 aliphatic carbocycles. The zero-order chi connectivity index (χ0) is 18.0. The molecule has 0 aliphatic rings. The number of allylic oxidation sites excluding steroid dienone is 2. The van der Waals surface area contributed by atoms with Crippen molar-refractivity contribution in [3.05, 3.63) is 42.2 Å². The van der Waals surface area contributed by atoms with Gasteiger partial charge in [-0.25, -0.2) is 0 Å². The summed E-state index contributed by atoms with van der Waals surface area (Å²) < 4.78 is 5.24. The van der Waals surface area contributed by atoms with Gasteiger partial charge in [-0.05, 0) is 38.2 Å². The van der Waals surface area contributed by atoms with Gasteiger partial charge in [0.15, 0.2) is 0 Å². The summed E-state index contributed by atoms with van der Waals surface area (Å²) in [6.45, 7) is 2.59. The van der Waals surface area contributed by atoms with Gasteiger partial charge in [0.05, 0.1) is 0 Å². The molecule has 1 aromatic heterocycles. The molecule has 0 saturated heterocycles. The Kier molecular flexibility index (Phi) is 13.6. The van der Waals surface area contributed by atoms with Crippen LogP contribution in [0.5, 0.6) is 0 Å². The Morgan fingerprint density at radius 1 is 1.00 bits per heavy atom. The molecule has 3 nitrogen and oxygen atoms in total. The number of aromatic nitrogens is 1. The maximum absolute atomic E-state index is 11.7. The summed E-state index contributed by atoms with van der Waals surface area (Å²) in [5.41, 5.74) is 0.936. The number of hydrogen-bond donors (Lipinski definition) is 0. The van der Waals surface area contributed by atoms with Crippen molar-refractivity contribution in [1.29, 1.82) is 0 Å². The van der Waals surface area contributed by atoms with Gasteiger partial charge < -0.3 is 4.74 Å². The van der Waals surface area contributed by atoms with Gasteiger partial charge in [-0.1, -0.05) is 63.7 Å². The Morgan fingerprint density at radius 3 is 2.36 bits per heavy atom. The number of rotatable bonds is 15. The second kappa shape index (κ2) is 15.9. The van der Waals surface area contributed by atoms with Crippen LogP contribution in [0.3, 0.4) is 0 Å². The van der Waals surface area contributed by atoms with Crippen LogP contribution in [-0.4, -0.2) is 11.0 Å². The first-order valence-corrected chi connectivity index (χ1v) is 10.0. The number of ether oxygens (including phenoxy) is 1. The van der Waals surface area contributed by atoms with Crippen LogP contribution in [-0.2, 0) is 16.1 Å². The van der Waals surface area contributed by atoms with Crippen molar-refractivity contribution in [2.24, 2.45) is 0 Å². The molecule has 0 bridgehead atoms. The summed E-state index contributed by atoms with van der Waals surface area (Å²) in [6.07, 6.45) is 22.2. The largest absolute Gasteiger partial charge is 0.461 e. The molecule has 0 amide bonds. The van der Waals surface area contributed by atoms with Crippen molar-refractivity contribution in [2.75, 3.05) is 0 Å². The van der Waals surface area contributed by atoms with E-state index in [1.807, 2.05) is 12.1 Å². The monoisotopic (exact) mass is 345 g/mol. The first-order chi connectivity index (χ1) is 12.3. The van der Waals surface area contributed by atoms with E-state index in [0.717, 1.165) is 31.2 Å². The van der Waals surface area contributed by atoms with Crippen molar-refractivity contribution < 1.29 is 9.53 Å². The van der Waals surface area contributed by atoms with Crippen molar-refractivity contribution in [3.8, 4) is 0 Å². The number of pyridine rings is 1. The Hall–Kier alpha value is -1.64. The molecule has 0 aliphatic heterocycles. The minimum absolute atomic E-state index is 0.109. The Morgan fingerprint density at radius 2 is 1.68 bits per heavy atom. The standard InChI is InChI=1S/C22H35NO2/c1-2-3-4-5-6-7-8-9-10-11-12-13-14-17-22(24)25-20-21-16-15-18-23-19-21/h9-10,15-16,18-19H,2-8,11-14,17,20H2,1H3/b10-9-. The fourth-order valence-electron chi connectivity index (χ4n) is 2.71. The lowest BCUT2D eigenvalue weighted by Gasteiger charge is -2.04. The van der Waals surface area contributed by atoms with E-state index < -0.39 is 0 Å². The van der Waals surface area contributed by atoms with Crippen molar-refractivity contribution >= 4 is 5.97 Å². The molecule has 0 N–H and O–H groups in total. The van der Waals surface area contributed by atoms with Crippen molar-refractivity contribution in [2.45, 2.75) is 90.6 Å². The second-order valence-electron chi connectivity index (χ2n) is 6.65. The average molecular weight is 346 g/mol. The molecule has 0 aromatic carbocycles. The molecule has 0 saturated carbocycles. The van der Waals surface area contributed by atoms with Crippen LogP contribution in [0.25, 0.3) is 0 Å². The normalized spacial score (nSPS) is 11.1. The summed E-state index contributed by atoms with van der Waals surface area (Å²) in [5, 5.41) is 0. The van der Waals surface area contributed by atoms with E-state index in [1.54, 1.807) is 12.4 Å². The molecule has 140 valence electrons. The van der Waals surface area contributed by atoms with Crippen molar-refractivity contribution in [3.63, 3.8) is 0 Å². The zero-order valence-corrected chi connectivity index (χ0v) is 15.9. The lowest BCUT2D eigenvalue weighted by molar-refractivity contribution is -0.145. The van der Waals surface area contributed by atoms with Crippen LogP contribution in [0.4, 0.5) is 0 Å². The van der Waals surface area contributed by atoms with Crippen LogP contribution in [0.15, 0.2) is 36.7 Å². The Bertz CT molecular complexity index is 456. The Balaban J connectivity index is 1.86. The quantitative estimate of drug-likeness (QED) is 0.210. The first kappa shape index (κ1) is 21.4. The molecule has 0 fully saturated rings. The molecule has 1 heterocycles. The minimum Gasteiger partial charge on any atom is -0.461 e. The van der Waals surface area contributed by atoms with Crippen molar-refractivity contribution in [1.82, 2.24) is 4.98 Å². The SMILES string of the molecule is CCCCCCCC/C=C\CCCCCC(=O)OCc1cccnc1. The highest BCUT2D eigenvalue weighted by Gasteiger charge is 2.03. The summed E-state index contributed by atoms with van der Waals surface area (Å²) in [5.74, 6) is -0.109. The summed E-state index contributed by atoms with van der Waals surface area (Å²) in [4.78, 5) is 15.7. The van der Waals surface area contributed by atoms with Gasteiger partial charge in [-0.3, -0.25) is 9.78 Å². The van der Waals surface area contributed by atoms with Crippen LogP contribution in [0.2, 0.25) is 0 Å². The fourth-order valence-corrected chi connectivity index (χ4v) is 2.71. The Labute approximate surface area is 153 Å². The van der Waals surface area contributed by atoms with E-state index >= 15 is 0 Å². The van der Waals surface area contributed by atoms with Crippen LogP contribution >= 0.6 is 0 Å². The molecular weight excluding hydrogens is 310 g/mol. The molecule has 1 aromatic rings. The lowest BCUT2D eigenvalue weighted by Crippen LogP contribution is -2.04. The summed E-state index contributed by atoms with van der Waals surface area (Å²) in [7, 11) is 0. The van der Waals surface area contributed by atoms with Gasteiger partial charge in [0.2, 0.25) is 0 Å². The highest BCUT2D eigenvalue weighted by Crippen LogP contribution is 2.09. The molecule has 0 radical (unpaired) electrons. The highest BCUT2D eigenvalue weighted by atomic mass is 16.5. The number of unbranched alkanes of at least 4 members (excludes halogenated alkanes) is 9. The van der Waals surface area contributed by atoms with E-state index in [0.29, 0.717) is 13.0 Å². The third-order valence-electron chi connectivity index (χ3n) is 4.27. The summed E-state index contributed by atoms with van der Waals surface area (Å²) in [6, 6.07) is 3.76. The van der Waals surface area contributed by atoms with Gasteiger partial charge in [0.25, 0.3) is 0 Å². The third kappa shape index (κ3) is 13.3. The number of esters is 1. The fraction of sp³-hybridized carbons (Fsp3) is 0.636. The van der Waals surface area contributed by atoms with E-state index in [9.17, 15) is 4.79 Å². The minimum atomic E-state index is -0.109. The molecule has 3 heteroatoms. The highest BCUT2D eigenvalue weighted by molar-refractivity contribution is 5.69. The van der Waals surface area contributed by atoms with Crippen LogP contribution in [0.1, 0.15) is 89.5 Å². The first-order valence-electron chi connectivity index (χ1n) is 10.0. The van der Waals surface area contributed by atoms with E-state index in [-0.39, 0.29) is 5.97 Å². The van der Waals surface area contributed by atoms with Gasteiger partial charge in [-0.15, -0.1) is 0 Å². The van der Waals surface area contributed by atoms with E-state index in [4.69, 9.17) is 4.74 Å². The molecule has 1 rings (SSSR count). The van der Waals surface area contributed by atoms with E-state index in [2.05, 4.69) is 24.1 Å². The molecule has 0 unspecified atom stereocenters. The zero-order valence-electron chi connectivity index (χ0n) is 15.9. The molecule has 25 heavy (non-hydrogen) atoms. The van der Waals surface area contributed by atoms with Crippen LogP contribution in [0, 0.1) is 0 Å². The topological polar surface area (TPSA) is 39.2 Å². The van der Waals surface area contributed by atoms with Gasteiger partial charge >= 0.3 is 5.97 Å². The van der Waals surface area contributed by atoms with E-state index in [1.165, 1.54) is 44.9 Å². The average Bonchev–Trinajstić information content (AvgIpc) is 2.64. The maximum Gasteiger partial charge on any atom is 0.306 e. The van der Waals surface area contributed by atoms with Gasteiger partial charge in [0, 0.05) is 24.4 Å². The molecular formula is C22H35NO2.